The van der Waals surface area contributed by atoms with E-state index in [9.17, 15) is 4.79 Å². The van der Waals surface area contributed by atoms with Crippen molar-refractivity contribution >= 4 is 5.91 Å². The van der Waals surface area contributed by atoms with Crippen LogP contribution < -0.4 is 14.8 Å². The number of carbonyl (C=O) groups excluding carboxylic acids is 1. The predicted octanol–water partition coefficient (Wildman–Crippen LogP) is 3.18. The molecule has 0 aliphatic carbocycles. The van der Waals surface area contributed by atoms with E-state index in [0.717, 1.165) is 22.6 Å². The third-order valence-corrected chi connectivity index (χ3v) is 4.14. The summed E-state index contributed by atoms with van der Waals surface area (Å²) < 4.78 is 10.7. The maximum atomic E-state index is 12.9. The van der Waals surface area contributed by atoms with Gasteiger partial charge in [-0.25, -0.2) is 0 Å². The molecule has 5 heteroatoms. The van der Waals surface area contributed by atoms with Gasteiger partial charge in [0.15, 0.2) is 0 Å². The second-order valence-electron chi connectivity index (χ2n) is 6.11. The highest BCUT2D eigenvalue weighted by molar-refractivity contribution is 5.83. The number of hydrogen-bond donors (Lipinski definition) is 1. The molecule has 5 nitrogen and oxygen atoms in total. The summed E-state index contributed by atoms with van der Waals surface area (Å²) in [5.74, 6) is 1.38. The van der Waals surface area contributed by atoms with E-state index in [-0.39, 0.29) is 18.0 Å². The van der Waals surface area contributed by atoms with Crippen LogP contribution in [-0.4, -0.2) is 39.1 Å². The number of carbonyl (C=O) groups is 1. The molecule has 0 saturated heterocycles. The molecule has 0 unspecified atom stereocenters. The zero-order chi connectivity index (χ0) is 18.4. The second-order valence-corrected chi connectivity index (χ2v) is 6.11. The topological polar surface area (TPSA) is 50.8 Å². The van der Waals surface area contributed by atoms with Crippen LogP contribution in [0.3, 0.4) is 0 Å². The van der Waals surface area contributed by atoms with Gasteiger partial charge in [0.25, 0.3) is 0 Å². The molecule has 134 valence electrons. The van der Waals surface area contributed by atoms with E-state index in [4.69, 9.17) is 9.47 Å². The monoisotopic (exact) mass is 342 g/mol. The Hall–Kier alpha value is -2.53. The molecule has 0 aliphatic rings. The predicted molar refractivity (Wildman–Crippen MR) is 99.0 cm³/mol. The molecule has 0 heterocycles. The fraction of sp³-hybridized carbons (Fsp3) is 0.350. The van der Waals surface area contributed by atoms with Crippen LogP contribution in [0.25, 0.3) is 0 Å². The molecular formula is C20H26N2O3. The minimum Gasteiger partial charge on any atom is -0.497 e. The van der Waals surface area contributed by atoms with Crippen molar-refractivity contribution in [3.63, 3.8) is 0 Å². The van der Waals surface area contributed by atoms with Gasteiger partial charge in [0, 0.05) is 5.56 Å². The number of hydrogen-bond acceptors (Lipinski definition) is 4. The average molecular weight is 342 g/mol. The lowest BCUT2D eigenvalue weighted by molar-refractivity contribution is -0.126. The summed E-state index contributed by atoms with van der Waals surface area (Å²) in [6.45, 7) is 1.94. The molecule has 2 rings (SSSR count). The summed E-state index contributed by atoms with van der Waals surface area (Å²) in [6, 6.07) is 14.7. The Morgan fingerprint density at radius 2 is 1.72 bits per heavy atom. The van der Waals surface area contributed by atoms with Gasteiger partial charge in [-0.1, -0.05) is 30.3 Å². The quantitative estimate of drug-likeness (QED) is 0.840. The first-order chi connectivity index (χ1) is 12.0. The van der Waals surface area contributed by atoms with Crippen molar-refractivity contribution in [3.05, 3.63) is 59.7 Å². The third kappa shape index (κ3) is 4.51. The first-order valence-corrected chi connectivity index (χ1v) is 8.21. The van der Waals surface area contributed by atoms with Gasteiger partial charge in [-0.2, -0.15) is 0 Å². The van der Waals surface area contributed by atoms with Crippen LogP contribution in [-0.2, 0) is 4.79 Å². The number of amides is 1. The first kappa shape index (κ1) is 18.8. The number of methoxy groups -OCH3 is 2. The van der Waals surface area contributed by atoms with E-state index in [1.54, 1.807) is 14.2 Å². The highest BCUT2D eigenvalue weighted by Gasteiger charge is 2.25. The molecule has 0 aromatic heterocycles. The van der Waals surface area contributed by atoms with Crippen LogP contribution in [0.4, 0.5) is 0 Å². The number of benzene rings is 2. The fourth-order valence-electron chi connectivity index (χ4n) is 2.87. The van der Waals surface area contributed by atoms with E-state index < -0.39 is 0 Å². The Morgan fingerprint density at radius 1 is 1.04 bits per heavy atom. The summed E-state index contributed by atoms with van der Waals surface area (Å²) in [7, 11) is 7.03. The zero-order valence-corrected chi connectivity index (χ0v) is 15.4. The lowest BCUT2D eigenvalue weighted by Crippen LogP contribution is -2.38. The molecule has 1 N–H and O–H groups in total. The van der Waals surface area contributed by atoms with Gasteiger partial charge in [-0.05, 0) is 44.8 Å². The van der Waals surface area contributed by atoms with Crippen molar-refractivity contribution < 1.29 is 14.3 Å². The molecule has 0 aliphatic heterocycles. The average Bonchev–Trinajstić information content (AvgIpc) is 2.61. The number of ether oxygens (including phenoxy) is 2. The maximum Gasteiger partial charge on any atom is 0.242 e. The van der Waals surface area contributed by atoms with Crippen molar-refractivity contribution in [1.29, 1.82) is 0 Å². The molecule has 25 heavy (non-hydrogen) atoms. The lowest BCUT2D eigenvalue weighted by Gasteiger charge is -2.26. The van der Waals surface area contributed by atoms with Crippen molar-refractivity contribution in [3.8, 4) is 11.5 Å². The minimum atomic E-state index is -0.361. The molecule has 2 aromatic rings. The summed E-state index contributed by atoms with van der Waals surface area (Å²) in [5.41, 5.74) is 1.83. The number of nitrogens with one attached hydrogen (secondary N) is 1. The van der Waals surface area contributed by atoms with Gasteiger partial charge < -0.3 is 14.8 Å². The summed E-state index contributed by atoms with van der Waals surface area (Å²) >= 11 is 0. The summed E-state index contributed by atoms with van der Waals surface area (Å²) in [5, 5.41) is 3.09. The van der Waals surface area contributed by atoms with Crippen molar-refractivity contribution in [2.75, 3.05) is 28.3 Å². The highest BCUT2D eigenvalue weighted by atomic mass is 16.5. The fourth-order valence-corrected chi connectivity index (χ4v) is 2.87. The van der Waals surface area contributed by atoms with Crippen molar-refractivity contribution in [2.24, 2.45) is 0 Å². The van der Waals surface area contributed by atoms with Crippen LogP contribution in [0, 0.1) is 0 Å². The smallest absolute Gasteiger partial charge is 0.242 e. The van der Waals surface area contributed by atoms with E-state index >= 15 is 0 Å². The molecule has 0 saturated carbocycles. The number of rotatable bonds is 7. The Labute approximate surface area is 149 Å². The maximum absolute atomic E-state index is 12.9. The summed E-state index contributed by atoms with van der Waals surface area (Å²) in [6.07, 6.45) is 0. The Morgan fingerprint density at radius 3 is 2.28 bits per heavy atom. The van der Waals surface area contributed by atoms with Crippen LogP contribution >= 0.6 is 0 Å². The highest BCUT2D eigenvalue weighted by Crippen LogP contribution is 2.30. The van der Waals surface area contributed by atoms with E-state index in [1.165, 1.54) is 0 Å². The molecule has 1 amide bonds. The Kier molecular flexibility index (Phi) is 6.42. The van der Waals surface area contributed by atoms with Gasteiger partial charge in [0.1, 0.15) is 17.5 Å². The first-order valence-electron chi connectivity index (χ1n) is 8.21. The van der Waals surface area contributed by atoms with Crippen LogP contribution in [0.5, 0.6) is 11.5 Å². The number of nitrogens with zero attached hydrogens (tertiary/aromatic N) is 1. The summed E-state index contributed by atoms with van der Waals surface area (Å²) in [4.78, 5) is 14.8. The van der Waals surface area contributed by atoms with Crippen molar-refractivity contribution in [2.45, 2.75) is 19.0 Å². The molecule has 2 atom stereocenters. The molecule has 0 radical (unpaired) electrons. The van der Waals surface area contributed by atoms with Gasteiger partial charge in [0.2, 0.25) is 5.91 Å². The van der Waals surface area contributed by atoms with E-state index in [2.05, 4.69) is 5.32 Å². The Balaban J connectivity index is 2.24. The van der Waals surface area contributed by atoms with E-state index in [0.29, 0.717) is 0 Å². The molecule has 0 spiro atoms. The number of likely N-dealkylation sites (N-methyl/N-ethyl adjacent to an activating group) is 1. The van der Waals surface area contributed by atoms with Crippen molar-refractivity contribution in [1.82, 2.24) is 10.2 Å². The molecule has 0 bridgehead atoms. The third-order valence-electron chi connectivity index (χ3n) is 4.14. The molecule has 2 aromatic carbocycles. The normalized spacial score (nSPS) is 13.2. The second kappa shape index (κ2) is 8.53. The lowest BCUT2D eigenvalue weighted by atomic mass is 10.0. The van der Waals surface area contributed by atoms with Crippen LogP contribution in [0.15, 0.2) is 48.5 Å². The van der Waals surface area contributed by atoms with Crippen LogP contribution in [0.2, 0.25) is 0 Å². The van der Waals surface area contributed by atoms with Gasteiger partial charge in [-0.3, -0.25) is 9.69 Å². The molecule has 0 fully saturated rings. The van der Waals surface area contributed by atoms with Crippen LogP contribution in [0.1, 0.15) is 30.1 Å². The van der Waals surface area contributed by atoms with E-state index in [1.807, 2.05) is 74.4 Å². The van der Waals surface area contributed by atoms with Gasteiger partial charge in [0.05, 0.1) is 20.3 Å². The Bertz CT molecular complexity index is 701. The van der Waals surface area contributed by atoms with Gasteiger partial charge >= 0.3 is 0 Å². The SMILES string of the molecule is COc1ccc(OC)c([C@H](C)NC(=O)[C@@H](c2ccccc2)N(C)C)c1. The molecular weight excluding hydrogens is 316 g/mol. The van der Waals surface area contributed by atoms with Gasteiger partial charge in [-0.15, -0.1) is 0 Å². The largest absolute Gasteiger partial charge is 0.497 e. The zero-order valence-electron chi connectivity index (χ0n) is 15.4. The standard InChI is InChI=1S/C20H26N2O3/c1-14(17-13-16(24-4)11-12-18(17)25-5)21-20(23)19(22(2)3)15-9-7-6-8-10-15/h6-14,19H,1-5H3,(H,21,23)/t14-,19+/m0/s1. The minimum absolute atomic E-state index is 0.0615.